The number of carbonyl (C=O) groups excluding carboxylic acids is 2. The molecule has 0 radical (unpaired) electrons. The molecule has 0 aromatic heterocycles. The summed E-state index contributed by atoms with van der Waals surface area (Å²) in [6.45, 7) is 0. The van der Waals surface area contributed by atoms with Crippen LogP contribution in [0, 0.1) is 11.3 Å². The average Bonchev–Trinajstić information content (AvgIpc) is 3.08. The van der Waals surface area contributed by atoms with Gasteiger partial charge < -0.3 is 15.0 Å². The number of rotatable bonds is 3. The minimum Gasteiger partial charge on any atom is -0.480 e. The van der Waals surface area contributed by atoms with Crippen molar-refractivity contribution in [3.8, 4) is 11.8 Å². The van der Waals surface area contributed by atoms with E-state index in [4.69, 9.17) is 22.2 Å². The van der Waals surface area contributed by atoms with Gasteiger partial charge >= 0.3 is 6.18 Å². The molecule has 1 aliphatic carbocycles. The zero-order chi connectivity index (χ0) is 25.8. The lowest BCUT2D eigenvalue weighted by Gasteiger charge is -2.43. The minimum atomic E-state index is -4.76. The quantitative estimate of drug-likeness (QED) is 0.622. The minimum absolute atomic E-state index is 0.0280. The number of hydrogen-bond donors (Lipinski definition) is 1. The van der Waals surface area contributed by atoms with Gasteiger partial charge in [-0.2, -0.15) is 18.4 Å². The summed E-state index contributed by atoms with van der Waals surface area (Å²) in [6, 6.07) is 10.1. The zero-order valence-electron chi connectivity index (χ0n) is 19.2. The lowest BCUT2D eigenvalue weighted by molar-refractivity contribution is -0.137. The lowest BCUT2D eigenvalue weighted by Crippen LogP contribution is -2.55. The molecule has 2 heterocycles. The van der Waals surface area contributed by atoms with Crippen LogP contribution in [0.15, 0.2) is 36.4 Å². The van der Waals surface area contributed by atoms with Crippen molar-refractivity contribution in [1.29, 1.82) is 5.26 Å². The molecule has 1 atom stereocenters. The Balaban J connectivity index is 1.52. The smallest absolute Gasteiger partial charge is 0.417 e. The van der Waals surface area contributed by atoms with Gasteiger partial charge in [-0.1, -0.05) is 0 Å². The van der Waals surface area contributed by atoms with Gasteiger partial charge in [0.25, 0.3) is 11.8 Å². The molecule has 1 saturated heterocycles. The summed E-state index contributed by atoms with van der Waals surface area (Å²) in [5.74, 6) is -0.0255. The molecular formula is C25H21F3N4O3S. The van der Waals surface area contributed by atoms with Crippen molar-refractivity contribution in [2.45, 2.75) is 49.9 Å². The summed E-state index contributed by atoms with van der Waals surface area (Å²) in [6.07, 6.45) is -2.48. The third kappa shape index (κ3) is 3.59. The number of alkyl halides is 3. The Kier molecular flexibility index (Phi) is 5.67. The zero-order valence-corrected chi connectivity index (χ0v) is 20.0. The van der Waals surface area contributed by atoms with Crippen molar-refractivity contribution in [1.82, 2.24) is 5.32 Å². The predicted molar refractivity (Wildman–Crippen MR) is 129 cm³/mol. The number of thiocarbonyl (C=S) groups is 1. The molecule has 3 aliphatic rings. The molecule has 1 spiro atoms. The number of ether oxygens (including phenoxy) is 1. The number of likely N-dealkylation sites (N-methyl/N-ethyl adjacent to an activating group) is 1. The SMILES string of the molecule is CNC(=O)C1CCc2cc(N3C(=S)N(c4ccc(C#N)c(C(F)(F)F)c4)C(=O)C34CCC4)ccc2O1. The molecular weight excluding hydrogens is 493 g/mol. The highest BCUT2D eigenvalue weighted by atomic mass is 32.1. The van der Waals surface area contributed by atoms with Crippen LogP contribution in [0.3, 0.4) is 0 Å². The predicted octanol–water partition coefficient (Wildman–Crippen LogP) is 4.08. The fourth-order valence-corrected chi connectivity index (χ4v) is 5.54. The number of benzene rings is 2. The number of amides is 2. The van der Waals surface area contributed by atoms with E-state index in [0.29, 0.717) is 37.1 Å². The second-order valence-electron chi connectivity index (χ2n) is 9.03. The Morgan fingerprint density at radius 3 is 2.56 bits per heavy atom. The summed E-state index contributed by atoms with van der Waals surface area (Å²) < 4.78 is 46.6. The molecule has 2 aromatic carbocycles. The number of carbonyl (C=O) groups is 2. The Labute approximate surface area is 210 Å². The van der Waals surface area contributed by atoms with E-state index in [2.05, 4.69) is 5.32 Å². The van der Waals surface area contributed by atoms with Crippen LogP contribution < -0.4 is 19.9 Å². The van der Waals surface area contributed by atoms with Crippen molar-refractivity contribution in [2.24, 2.45) is 0 Å². The van der Waals surface area contributed by atoms with Crippen LogP contribution in [0.25, 0.3) is 0 Å². The first-order valence-electron chi connectivity index (χ1n) is 11.4. The highest BCUT2D eigenvalue weighted by Gasteiger charge is 2.59. The fourth-order valence-electron chi connectivity index (χ4n) is 5.07. The van der Waals surface area contributed by atoms with E-state index >= 15 is 0 Å². The topological polar surface area (TPSA) is 85.7 Å². The number of nitrogens with one attached hydrogen (secondary N) is 1. The molecule has 5 rings (SSSR count). The van der Waals surface area contributed by atoms with Gasteiger partial charge in [-0.3, -0.25) is 14.5 Å². The summed E-state index contributed by atoms with van der Waals surface area (Å²) in [4.78, 5) is 28.5. The van der Waals surface area contributed by atoms with Gasteiger partial charge in [0.2, 0.25) is 0 Å². The molecule has 186 valence electrons. The maximum Gasteiger partial charge on any atom is 0.417 e. The second kappa shape index (κ2) is 8.48. The van der Waals surface area contributed by atoms with Gasteiger partial charge in [0.05, 0.1) is 22.9 Å². The van der Waals surface area contributed by atoms with Crippen molar-refractivity contribution in [3.05, 3.63) is 53.1 Å². The summed E-state index contributed by atoms with van der Waals surface area (Å²) in [5.41, 5.74) is -1.15. The Bertz CT molecular complexity index is 1330. The van der Waals surface area contributed by atoms with Gasteiger partial charge in [0.15, 0.2) is 11.2 Å². The van der Waals surface area contributed by atoms with E-state index in [9.17, 15) is 22.8 Å². The molecule has 11 heteroatoms. The van der Waals surface area contributed by atoms with E-state index in [1.165, 1.54) is 6.07 Å². The number of hydrogen-bond acceptors (Lipinski definition) is 5. The molecule has 2 amide bonds. The van der Waals surface area contributed by atoms with Gasteiger partial charge in [0.1, 0.15) is 11.3 Å². The Morgan fingerprint density at radius 2 is 1.94 bits per heavy atom. The summed E-state index contributed by atoms with van der Waals surface area (Å²) in [7, 11) is 1.55. The first kappa shape index (κ1) is 24.1. The summed E-state index contributed by atoms with van der Waals surface area (Å²) >= 11 is 5.67. The summed E-state index contributed by atoms with van der Waals surface area (Å²) in [5, 5.41) is 11.8. The van der Waals surface area contributed by atoms with Gasteiger partial charge in [-0.05, 0) is 86.3 Å². The molecule has 0 bridgehead atoms. The molecule has 7 nitrogen and oxygen atoms in total. The highest BCUT2D eigenvalue weighted by Crippen LogP contribution is 2.49. The van der Waals surface area contributed by atoms with Crippen LogP contribution in [0.4, 0.5) is 24.5 Å². The average molecular weight is 515 g/mol. The number of nitrogens with zero attached hydrogens (tertiary/aromatic N) is 3. The lowest BCUT2D eigenvalue weighted by atomic mass is 9.75. The van der Waals surface area contributed by atoms with Crippen LogP contribution in [-0.2, 0) is 22.2 Å². The number of halogens is 3. The van der Waals surface area contributed by atoms with E-state index in [1.54, 1.807) is 30.1 Å². The first-order valence-corrected chi connectivity index (χ1v) is 11.8. The van der Waals surface area contributed by atoms with Crippen LogP contribution >= 0.6 is 12.2 Å². The Morgan fingerprint density at radius 1 is 1.22 bits per heavy atom. The molecule has 1 N–H and O–H groups in total. The third-order valence-electron chi connectivity index (χ3n) is 7.07. The van der Waals surface area contributed by atoms with Crippen LogP contribution in [0.5, 0.6) is 5.75 Å². The monoisotopic (exact) mass is 514 g/mol. The molecule has 2 fully saturated rings. The third-order valence-corrected chi connectivity index (χ3v) is 7.43. The number of aryl methyl sites for hydroxylation is 1. The van der Waals surface area contributed by atoms with Gasteiger partial charge in [-0.15, -0.1) is 0 Å². The standard InChI is InChI=1S/C25H21F3N4O3S/c1-30-21(33)20-7-4-14-11-17(6-8-19(14)35-20)32-23(36)31(22(34)24(32)9-2-10-24)16-5-3-15(13-29)18(12-16)25(26,27)28/h3,5-6,8,11-12,20H,2,4,7,9-10H2,1H3,(H,30,33). The molecule has 1 saturated carbocycles. The number of anilines is 2. The van der Waals surface area contributed by atoms with Crippen molar-refractivity contribution in [3.63, 3.8) is 0 Å². The van der Waals surface area contributed by atoms with Crippen LogP contribution in [-0.4, -0.2) is 35.6 Å². The van der Waals surface area contributed by atoms with E-state index < -0.39 is 28.9 Å². The normalized spacial score (nSPS) is 20.5. The molecule has 36 heavy (non-hydrogen) atoms. The maximum absolute atomic E-state index is 13.6. The van der Waals surface area contributed by atoms with Crippen LogP contribution in [0.2, 0.25) is 0 Å². The van der Waals surface area contributed by atoms with E-state index in [-0.39, 0.29) is 22.6 Å². The van der Waals surface area contributed by atoms with Gasteiger partial charge in [-0.25, -0.2) is 0 Å². The van der Waals surface area contributed by atoms with E-state index in [0.717, 1.165) is 29.0 Å². The largest absolute Gasteiger partial charge is 0.480 e. The second-order valence-corrected chi connectivity index (χ2v) is 9.40. The van der Waals surface area contributed by atoms with Crippen molar-refractivity contribution < 1.29 is 27.5 Å². The van der Waals surface area contributed by atoms with Crippen LogP contribution in [0.1, 0.15) is 42.4 Å². The van der Waals surface area contributed by atoms with Crippen molar-refractivity contribution >= 4 is 40.5 Å². The molecule has 2 aliphatic heterocycles. The van der Waals surface area contributed by atoms with Crippen molar-refractivity contribution in [2.75, 3.05) is 16.8 Å². The highest BCUT2D eigenvalue weighted by molar-refractivity contribution is 7.81. The van der Waals surface area contributed by atoms with E-state index in [1.807, 2.05) is 6.07 Å². The number of nitriles is 1. The number of fused-ring (bicyclic) bond motifs is 1. The maximum atomic E-state index is 13.6. The molecule has 2 aromatic rings. The fraction of sp³-hybridized carbons (Fsp3) is 0.360. The van der Waals surface area contributed by atoms with Gasteiger partial charge in [0, 0.05) is 12.7 Å². The first-order chi connectivity index (χ1) is 17.1. The molecule has 1 unspecified atom stereocenters. The Hall–Kier alpha value is -3.65.